The molecule has 1 unspecified atom stereocenters. The van der Waals surface area contributed by atoms with Crippen molar-refractivity contribution in [3.63, 3.8) is 0 Å². The molecule has 0 bridgehead atoms. The summed E-state index contributed by atoms with van der Waals surface area (Å²) in [7, 11) is 0. The van der Waals surface area contributed by atoms with Crippen molar-refractivity contribution in [1.29, 1.82) is 0 Å². The molecule has 0 heterocycles. The molecule has 0 fully saturated rings. The first kappa shape index (κ1) is 13.7. The van der Waals surface area contributed by atoms with Gasteiger partial charge in [0.15, 0.2) is 0 Å². The van der Waals surface area contributed by atoms with Crippen LogP contribution in [0, 0.1) is 5.82 Å². The van der Waals surface area contributed by atoms with Gasteiger partial charge in [0.1, 0.15) is 5.82 Å². The van der Waals surface area contributed by atoms with E-state index in [0.29, 0.717) is 15.6 Å². The SMILES string of the molecule is O=C(O)C(Cc1ccc(Br)cc1F)c1ccccc1. The van der Waals surface area contributed by atoms with Gasteiger partial charge in [-0.3, -0.25) is 4.79 Å². The minimum absolute atomic E-state index is 0.137. The number of carbonyl (C=O) groups is 1. The summed E-state index contributed by atoms with van der Waals surface area (Å²) in [5.74, 6) is -2.08. The van der Waals surface area contributed by atoms with Crippen LogP contribution < -0.4 is 0 Å². The van der Waals surface area contributed by atoms with E-state index in [2.05, 4.69) is 15.9 Å². The van der Waals surface area contributed by atoms with Crippen LogP contribution in [0.1, 0.15) is 17.0 Å². The van der Waals surface area contributed by atoms with Gasteiger partial charge in [0.05, 0.1) is 5.92 Å². The van der Waals surface area contributed by atoms with Crippen molar-refractivity contribution in [1.82, 2.24) is 0 Å². The Kier molecular flexibility index (Phi) is 4.32. The standard InChI is InChI=1S/C15H12BrFO2/c16-12-7-6-11(14(17)9-12)8-13(15(18)19)10-4-2-1-3-5-10/h1-7,9,13H,8H2,(H,18,19). The lowest BCUT2D eigenvalue weighted by molar-refractivity contribution is -0.138. The molecule has 1 atom stereocenters. The summed E-state index contributed by atoms with van der Waals surface area (Å²) in [6.45, 7) is 0. The van der Waals surface area contributed by atoms with Crippen LogP contribution >= 0.6 is 15.9 Å². The van der Waals surface area contributed by atoms with E-state index in [1.54, 1.807) is 36.4 Å². The molecule has 0 radical (unpaired) electrons. The first-order valence-corrected chi connectivity index (χ1v) is 6.59. The van der Waals surface area contributed by atoms with E-state index in [1.807, 2.05) is 6.07 Å². The lowest BCUT2D eigenvalue weighted by Crippen LogP contribution is -2.15. The first-order valence-electron chi connectivity index (χ1n) is 5.79. The average Bonchev–Trinajstić information content (AvgIpc) is 2.38. The highest BCUT2D eigenvalue weighted by atomic mass is 79.9. The second-order valence-electron chi connectivity index (χ2n) is 4.24. The van der Waals surface area contributed by atoms with Gasteiger partial charge in [0.25, 0.3) is 0 Å². The zero-order valence-corrected chi connectivity index (χ0v) is 11.6. The van der Waals surface area contributed by atoms with Crippen LogP contribution in [0.5, 0.6) is 0 Å². The summed E-state index contributed by atoms with van der Waals surface area (Å²) in [5.41, 5.74) is 1.08. The van der Waals surface area contributed by atoms with Crippen molar-refractivity contribution in [3.05, 3.63) is 69.9 Å². The van der Waals surface area contributed by atoms with Crippen LogP contribution in [0.2, 0.25) is 0 Å². The maximum absolute atomic E-state index is 13.8. The molecule has 0 amide bonds. The van der Waals surface area contributed by atoms with Crippen molar-refractivity contribution in [2.24, 2.45) is 0 Å². The van der Waals surface area contributed by atoms with E-state index in [4.69, 9.17) is 0 Å². The smallest absolute Gasteiger partial charge is 0.311 e. The molecule has 0 aliphatic rings. The third-order valence-corrected chi connectivity index (χ3v) is 3.43. The van der Waals surface area contributed by atoms with Gasteiger partial charge in [-0.25, -0.2) is 4.39 Å². The molecule has 2 aromatic carbocycles. The van der Waals surface area contributed by atoms with E-state index in [9.17, 15) is 14.3 Å². The Hall–Kier alpha value is -1.68. The van der Waals surface area contributed by atoms with Crippen molar-refractivity contribution in [2.45, 2.75) is 12.3 Å². The highest BCUT2D eigenvalue weighted by Gasteiger charge is 2.21. The molecule has 2 aromatic rings. The predicted octanol–water partition coefficient (Wildman–Crippen LogP) is 4.00. The van der Waals surface area contributed by atoms with Crippen molar-refractivity contribution in [2.75, 3.05) is 0 Å². The summed E-state index contributed by atoms with van der Waals surface area (Å²) in [4.78, 5) is 11.4. The fraction of sp³-hybridized carbons (Fsp3) is 0.133. The van der Waals surface area contributed by atoms with Gasteiger partial charge in [0.2, 0.25) is 0 Å². The van der Waals surface area contributed by atoms with Crippen molar-refractivity contribution < 1.29 is 14.3 Å². The molecule has 0 saturated heterocycles. The summed E-state index contributed by atoms with van der Waals surface area (Å²) in [5, 5.41) is 9.30. The number of rotatable bonds is 4. The van der Waals surface area contributed by atoms with Gasteiger partial charge in [-0.1, -0.05) is 52.3 Å². The van der Waals surface area contributed by atoms with Gasteiger partial charge < -0.3 is 5.11 Å². The number of benzene rings is 2. The number of hydrogen-bond donors (Lipinski definition) is 1. The van der Waals surface area contributed by atoms with Crippen molar-refractivity contribution >= 4 is 21.9 Å². The van der Waals surface area contributed by atoms with Crippen LogP contribution in [-0.4, -0.2) is 11.1 Å². The van der Waals surface area contributed by atoms with E-state index < -0.39 is 17.7 Å². The number of aliphatic carboxylic acids is 1. The molecular formula is C15H12BrFO2. The monoisotopic (exact) mass is 322 g/mol. The van der Waals surface area contributed by atoms with E-state index in [0.717, 1.165) is 0 Å². The van der Waals surface area contributed by atoms with E-state index >= 15 is 0 Å². The van der Waals surface area contributed by atoms with Crippen molar-refractivity contribution in [3.8, 4) is 0 Å². The Morgan fingerprint density at radius 2 is 1.89 bits per heavy atom. The molecule has 0 aliphatic carbocycles. The Morgan fingerprint density at radius 1 is 1.21 bits per heavy atom. The molecule has 98 valence electrons. The summed E-state index contributed by atoms with van der Waals surface area (Å²) < 4.78 is 14.4. The maximum Gasteiger partial charge on any atom is 0.311 e. The van der Waals surface area contributed by atoms with Gasteiger partial charge in [-0.15, -0.1) is 0 Å². The fourth-order valence-corrected chi connectivity index (χ4v) is 2.27. The lowest BCUT2D eigenvalue weighted by Gasteiger charge is -2.13. The molecule has 1 N–H and O–H groups in total. The van der Waals surface area contributed by atoms with Gasteiger partial charge in [-0.2, -0.15) is 0 Å². The van der Waals surface area contributed by atoms with E-state index in [-0.39, 0.29) is 6.42 Å². The summed E-state index contributed by atoms with van der Waals surface area (Å²) >= 11 is 3.18. The zero-order valence-electron chi connectivity index (χ0n) is 10.0. The second kappa shape index (κ2) is 5.97. The quantitative estimate of drug-likeness (QED) is 0.923. The van der Waals surface area contributed by atoms with Crippen LogP contribution in [-0.2, 0) is 11.2 Å². The Morgan fingerprint density at radius 3 is 2.47 bits per heavy atom. The normalized spacial score (nSPS) is 12.1. The Balaban J connectivity index is 2.29. The van der Waals surface area contributed by atoms with Crippen LogP contribution in [0.3, 0.4) is 0 Å². The minimum atomic E-state index is -0.950. The van der Waals surface area contributed by atoms with Crippen LogP contribution in [0.15, 0.2) is 53.0 Å². The first-order chi connectivity index (χ1) is 9.08. The largest absolute Gasteiger partial charge is 0.481 e. The van der Waals surface area contributed by atoms with Crippen LogP contribution in [0.25, 0.3) is 0 Å². The van der Waals surface area contributed by atoms with E-state index in [1.165, 1.54) is 6.07 Å². The number of halogens is 2. The third-order valence-electron chi connectivity index (χ3n) is 2.94. The lowest BCUT2D eigenvalue weighted by atomic mass is 9.92. The number of hydrogen-bond acceptors (Lipinski definition) is 1. The van der Waals surface area contributed by atoms with Gasteiger partial charge in [-0.05, 0) is 29.7 Å². The molecule has 2 rings (SSSR count). The summed E-state index contributed by atoms with van der Waals surface area (Å²) in [6, 6.07) is 13.5. The fourth-order valence-electron chi connectivity index (χ4n) is 1.94. The number of carboxylic acids is 1. The predicted molar refractivity (Wildman–Crippen MR) is 74.6 cm³/mol. The zero-order chi connectivity index (χ0) is 13.8. The Labute approximate surface area is 119 Å². The second-order valence-corrected chi connectivity index (χ2v) is 5.16. The maximum atomic E-state index is 13.8. The minimum Gasteiger partial charge on any atom is -0.481 e. The van der Waals surface area contributed by atoms with Gasteiger partial charge >= 0.3 is 5.97 Å². The third kappa shape index (κ3) is 3.41. The van der Waals surface area contributed by atoms with Gasteiger partial charge in [0, 0.05) is 4.47 Å². The molecule has 0 aromatic heterocycles. The topological polar surface area (TPSA) is 37.3 Å². The molecule has 0 aliphatic heterocycles. The number of carboxylic acid groups (broad SMARTS) is 1. The molecule has 19 heavy (non-hydrogen) atoms. The van der Waals surface area contributed by atoms with Crippen LogP contribution in [0.4, 0.5) is 4.39 Å². The highest BCUT2D eigenvalue weighted by Crippen LogP contribution is 2.24. The Bertz CT molecular complexity index is 584. The average molecular weight is 323 g/mol. The molecule has 4 heteroatoms. The highest BCUT2D eigenvalue weighted by molar-refractivity contribution is 9.10. The molecular weight excluding hydrogens is 311 g/mol. The summed E-state index contributed by atoms with van der Waals surface area (Å²) in [6.07, 6.45) is 0.137. The molecule has 2 nitrogen and oxygen atoms in total. The molecule has 0 saturated carbocycles. The molecule has 0 spiro atoms.